The van der Waals surface area contributed by atoms with Crippen molar-refractivity contribution in [2.24, 2.45) is 0 Å². The molecule has 170 valence electrons. The van der Waals surface area contributed by atoms with E-state index in [1.165, 1.54) is 0 Å². The monoisotopic (exact) mass is 450 g/mol. The van der Waals surface area contributed by atoms with Gasteiger partial charge in [-0.2, -0.15) is 5.26 Å². The number of nitrogens with one attached hydrogen (secondary N) is 2. The van der Waals surface area contributed by atoms with Crippen LogP contribution in [0.4, 0.5) is 10.5 Å². The van der Waals surface area contributed by atoms with Crippen LogP contribution in [0.3, 0.4) is 0 Å². The van der Waals surface area contributed by atoms with Crippen LogP contribution in [0.15, 0.2) is 60.7 Å². The van der Waals surface area contributed by atoms with Crippen LogP contribution in [0.5, 0.6) is 5.75 Å². The number of rotatable bonds is 8. The highest BCUT2D eigenvalue weighted by Crippen LogP contribution is 2.35. The van der Waals surface area contributed by atoms with Gasteiger partial charge < -0.3 is 19.9 Å². The number of hydrogen-bond donors (Lipinski definition) is 2. The highest BCUT2D eigenvalue weighted by molar-refractivity contribution is 5.96. The van der Waals surface area contributed by atoms with Crippen LogP contribution >= 0.6 is 0 Å². The van der Waals surface area contributed by atoms with Gasteiger partial charge in [0, 0.05) is 35.8 Å². The van der Waals surface area contributed by atoms with Gasteiger partial charge in [-0.3, -0.25) is 0 Å². The topological polar surface area (TPSA) is 79.1 Å². The molecule has 1 aromatic heterocycles. The molecule has 0 radical (unpaired) electrons. The van der Waals surface area contributed by atoms with Gasteiger partial charge in [0.1, 0.15) is 11.8 Å². The zero-order valence-corrected chi connectivity index (χ0v) is 19.3. The number of aromatic nitrogens is 1. The first-order valence-electron chi connectivity index (χ1n) is 11.4. The molecule has 6 heteroatoms. The summed E-state index contributed by atoms with van der Waals surface area (Å²) in [5.41, 5.74) is 5.05. The van der Waals surface area contributed by atoms with Gasteiger partial charge in [0.2, 0.25) is 0 Å². The number of carbonyl (C=O) groups excluding carboxylic acids is 1. The van der Waals surface area contributed by atoms with Crippen molar-refractivity contribution in [2.75, 3.05) is 18.5 Å². The van der Waals surface area contributed by atoms with E-state index in [0.29, 0.717) is 37.4 Å². The summed E-state index contributed by atoms with van der Waals surface area (Å²) in [7, 11) is 0. The lowest BCUT2D eigenvalue weighted by Gasteiger charge is -2.11. The van der Waals surface area contributed by atoms with E-state index in [1.807, 2.05) is 61.5 Å². The molecule has 0 saturated carbocycles. The highest BCUT2D eigenvalue weighted by Gasteiger charge is 2.18. The Morgan fingerprint density at radius 1 is 1.15 bits per heavy atom. The lowest BCUT2D eigenvalue weighted by atomic mass is 10.1. The number of urea groups is 1. The van der Waals surface area contributed by atoms with Crippen LogP contribution in [0, 0.1) is 23.5 Å². The number of nitriles is 1. The largest absolute Gasteiger partial charge is 0.494 e. The summed E-state index contributed by atoms with van der Waals surface area (Å²) in [4.78, 5) is 12.3. The smallest absolute Gasteiger partial charge is 0.319 e. The lowest BCUT2D eigenvalue weighted by molar-refractivity contribution is 0.252. The molecule has 34 heavy (non-hydrogen) atoms. The Balaban J connectivity index is 1.51. The molecular weight excluding hydrogens is 424 g/mol. The molecule has 6 nitrogen and oxygen atoms in total. The maximum absolute atomic E-state index is 12.3. The lowest BCUT2D eigenvalue weighted by Crippen LogP contribution is -2.30. The minimum atomic E-state index is -0.267. The van der Waals surface area contributed by atoms with E-state index in [1.54, 1.807) is 6.07 Å². The fraction of sp³-hybridized carbons (Fsp3) is 0.214. The Morgan fingerprint density at radius 3 is 2.65 bits per heavy atom. The van der Waals surface area contributed by atoms with Crippen LogP contribution in [-0.2, 0) is 13.0 Å². The number of fused-ring (bicyclic) bond motifs is 1. The van der Waals surface area contributed by atoms with Crippen molar-refractivity contribution in [3.05, 3.63) is 83.9 Å². The van der Waals surface area contributed by atoms with Crippen LogP contribution in [0.1, 0.15) is 25.0 Å². The average molecular weight is 451 g/mol. The predicted octanol–water partition coefficient (Wildman–Crippen LogP) is 5.56. The number of ether oxygens (including phenoxy) is 1. The van der Waals surface area contributed by atoms with Crippen molar-refractivity contribution >= 4 is 22.6 Å². The van der Waals surface area contributed by atoms with Crippen molar-refractivity contribution in [1.82, 2.24) is 9.88 Å². The SMILES string of the molecule is CCOc1ccc2c(C#N)c(-c3ccc(NC(=O)NCCc4c#cccc4)cc3)n(CC)c2c1. The van der Waals surface area contributed by atoms with Crippen LogP contribution in [0.25, 0.3) is 22.2 Å². The third-order valence-electron chi connectivity index (χ3n) is 5.58. The van der Waals surface area contributed by atoms with Gasteiger partial charge in [-0.1, -0.05) is 30.3 Å². The number of nitrogens with zero attached hydrogens (tertiary/aromatic N) is 2. The van der Waals surface area contributed by atoms with Gasteiger partial charge in [0.05, 0.1) is 23.4 Å². The third kappa shape index (κ3) is 4.82. The summed E-state index contributed by atoms with van der Waals surface area (Å²) in [6.45, 7) is 5.81. The molecule has 4 rings (SSSR count). The van der Waals surface area contributed by atoms with Gasteiger partial charge >= 0.3 is 6.03 Å². The molecule has 0 aliphatic carbocycles. The molecule has 0 aliphatic rings. The predicted molar refractivity (Wildman–Crippen MR) is 134 cm³/mol. The van der Waals surface area contributed by atoms with E-state index in [9.17, 15) is 10.1 Å². The second-order valence-corrected chi connectivity index (χ2v) is 7.72. The van der Waals surface area contributed by atoms with E-state index in [-0.39, 0.29) is 6.03 Å². The summed E-state index contributed by atoms with van der Waals surface area (Å²) >= 11 is 0. The first kappa shape index (κ1) is 22.8. The molecule has 0 spiro atoms. The van der Waals surface area contributed by atoms with Gasteiger partial charge in [0.25, 0.3) is 0 Å². The average Bonchev–Trinajstić information content (AvgIpc) is 3.18. The van der Waals surface area contributed by atoms with E-state index in [2.05, 4.69) is 40.3 Å². The molecule has 4 aromatic rings. The second-order valence-electron chi connectivity index (χ2n) is 7.72. The molecule has 1 heterocycles. The first-order valence-corrected chi connectivity index (χ1v) is 11.4. The molecule has 0 bridgehead atoms. The quantitative estimate of drug-likeness (QED) is 0.369. The molecule has 0 saturated heterocycles. The van der Waals surface area contributed by atoms with Crippen LogP contribution < -0.4 is 15.4 Å². The molecular formula is C28H26N4O2. The Bertz CT molecular complexity index is 1320. The number of anilines is 1. The van der Waals surface area contributed by atoms with Crippen molar-refractivity contribution in [3.63, 3.8) is 0 Å². The summed E-state index contributed by atoms with van der Waals surface area (Å²) < 4.78 is 7.79. The van der Waals surface area contributed by atoms with Crippen LogP contribution in [-0.4, -0.2) is 23.7 Å². The minimum Gasteiger partial charge on any atom is -0.494 e. The summed E-state index contributed by atoms with van der Waals surface area (Å²) in [6, 6.07) is 27.1. The van der Waals surface area contributed by atoms with Crippen molar-refractivity contribution in [3.8, 4) is 23.1 Å². The van der Waals surface area contributed by atoms with Gasteiger partial charge in [-0.15, -0.1) is 0 Å². The van der Waals surface area contributed by atoms with E-state index < -0.39 is 0 Å². The molecule has 2 N–H and O–H groups in total. The summed E-state index contributed by atoms with van der Waals surface area (Å²) in [5, 5.41) is 16.5. The van der Waals surface area contributed by atoms with Gasteiger partial charge in [0.15, 0.2) is 0 Å². The Kier molecular flexibility index (Phi) is 7.01. The molecule has 2 amide bonds. The molecule has 0 fully saturated rings. The molecule has 0 aliphatic heterocycles. The Labute approximate surface area is 199 Å². The molecule has 3 aromatic carbocycles. The maximum Gasteiger partial charge on any atom is 0.319 e. The van der Waals surface area contributed by atoms with E-state index in [4.69, 9.17) is 4.74 Å². The number of aryl methyl sites for hydroxylation is 1. The molecule has 0 unspecified atom stereocenters. The summed E-state index contributed by atoms with van der Waals surface area (Å²) in [6.07, 6.45) is 0.688. The fourth-order valence-electron chi connectivity index (χ4n) is 4.06. The van der Waals surface area contributed by atoms with Gasteiger partial charge in [-0.25, -0.2) is 4.79 Å². The number of benzene rings is 2. The number of hydrogen-bond acceptors (Lipinski definition) is 3. The highest BCUT2D eigenvalue weighted by atomic mass is 16.5. The van der Waals surface area contributed by atoms with Crippen LogP contribution in [0.2, 0.25) is 0 Å². The van der Waals surface area contributed by atoms with Crippen molar-refractivity contribution < 1.29 is 9.53 Å². The Morgan fingerprint density at radius 2 is 1.97 bits per heavy atom. The second kappa shape index (κ2) is 10.5. The van der Waals surface area contributed by atoms with E-state index in [0.717, 1.165) is 33.5 Å². The standard InChI is InChI=1S/C28H26N4O2/c1-3-32-26-18-23(34-4-2)14-15-24(26)25(19-29)27(32)21-10-12-22(13-11-21)31-28(33)30-17-16-20-8-6-5-7-9-20/h5-6,8,10-15,18H,3-4,16-17H2,1-2H3,(H2,30,31,33). The third-order valence-corrected chi connectivity index (χ3v) is 5.58. The van der Waals surface area contributed by atoms with Crippen molar-refractivity contribution in [2.45, 2.75) is 26.8 Å². The maximum atomic E-state index is 12.3. The van der Waals surface area contributed by atoms with E-state index >= 15 is 0 Å². The van der Waals surface area contributed by atoms with Crippen molar-refractivity contribution in [1.29, 1.82) is 5.26 Å². The summed E-state index contributed by atoms with van der Waals surface area (Å²) in [5.74, 6) is 0.784. The number of carbonyl (C=O) groups is 1. The fourth-order valence-corrected chi connectivity index (χ4v) is 4.06. The Hall–Kier alpha value is -4.42. The minimum absolute atomic E-state index is 0.267. The van der Waals surface area contributed by atoms with Gasteiger partial charge in [-0.05, 0) is 62.2 Å². The first-order chi connectivity index (χ1) is 16.6. The number of amides is 2. The zero-order valence-electron chi connectivity index (χ0n) is 19.3. The normalized spacial score (nSPS) is 10.4. The zero-order chi connectivity index (χ0) is 23.9. The molecule has 0 atom stereocenters.